The number of halogens is 1. The van der Waals surface area contributed by atoms with Crippen LogP contribution in [0.2, 0.25) is 0 Å². The SMILES string of the molecule is Fc1cccc(-c2cccc(-c3nc(-c4ccccc4)n(-c4ccccc4)n3)c2)c1. The Bertz CT molecular complexity index is 1240. The smallest absolute Gasteiger partial charge is 0.182 e. The van der Waals surface area contributed by atoms with Crippen LogP contribution in [0.15, 0.2) is 109 Å². The fourth-order valence-corrected chi connectivity index (χ4v) is 3.46. The van der Waals surface area contributed by atoms with Crippen molar-refractivity contribution in [3.05, 3.63) is 115 Å². The van der Waals surface area contributed by atoms with Crippen molar-refractivity contribution >= 4 is 0 Å². The first-order valence-corrected chi connectivity index (χ1v) is 9.72. The Labute approximate surface area is 174 Å². The highest BCUT2D eigenvalue weighted by atomic mass is 19.1. The fraction of sp³-hybridized carbons (Fsp3) is 0. The van der Waals surface area contributed by atoms with E-state index >= 15 is 0 Å². The lowest BCUT2D eigenvalue weighted by Crippen LogP contribution is -1.99. The molecule has 5 aromatic rings. The van der Waals surface area contributed by atoms with Gasteiger partial charge in [-0.15, -0.1) is 5.10 Å². The highest BCUT2D eigenvalue weighted by Gasteiger charge is 2.15. The second kappa shape index (κ2) is 7.76. The van der Waals surface area contributed by atoms with Crippen LogP contribution in [0.5, 0.6) is 0 Å². The molecule has 5 rings (SSSR count). The molecule has 0 N–H and O–H groups in total. The zero-order chi connectivity index (χ0) is 20.3. The second-order valence-corrected chi connectivity index (χ2v) is 6.96. The van der Waals surface area contributed by atoms with Gasteiger partial charge in [-0.25, -0.2) is 14.1 Å². The van der Waals surface area contributed by atoms with Gasteiger partial charge in [0.25, 0.3) is 0 Å². The molecule has 0 amide bonds. The highest BCUT2D eigenvalue weighted by Crippen LogP contribution is 2.28. The van der Waals surface area contributed by atoms with Gasteiger partial charge in [-0.3, -0.25) is 0 Å². The van der Waals surface area contributed by atoms with E-state index in [9.17, 15) is 4.39 Å². The number of hydrogen-bond acceptors (Lipinski definition) is 2. The lowest BCUT2D eigenvalue weighted by atomic mass is 10.0. The van der Waals surface area contributed by atoms with E-state index in [1.54, 1.807) is 6.07 Å². The topological polar surface area (TPSA) is 30.7 Å². The van der Waals surface area contributed by atoms with Crippen LogP contribution in [0.25, 0.3) is 39.6 Å². The predicted octanol–water partition coefficient (Wildman–Crippen LogP) is 6.41. The molecule has 0 fully saturated rings. The molecule has 1 aromatic heterocycles. The van der Waals surface area contributed by atoms with E-state index in [2.05, 4.69) is 0 Å². The summed E-state index contributed by atoms with van der Waals surface area (Å²) in [6.45, 7) is 0. The normalized spacial score (nSPS) is 10.8. The molecule has 144 valence electrons. The molecule has 30 heavy (non-hydrogen) atoms. The summed E-state index contributed by atoms with van der Waals surface area (Å²) >= 11 is 0. The lowest BCUT2D eigenvalue weighted by molar-refractivity contribution is 0.628. The van der Waals surface area contributed by atoms with Crippen molar-refractivity contribution in [2.45, 2.75) is 0 Å². The Morgan fingerprint density at radius 1 is 0.567 bits per heavy atom. The molecule has 0 spiro atoms. The van der Waals surface area contributed by atoms with Crippen LogP contribution < -0.4 is 0 Å². The summed E-state index contributed by atoms with van der Waals surface area (Å²) in [5.41, 5.74) is 4.55. The standard InChI is InChI=1S/C26H18FN3/c27-23-14-8-12-21(18-23)20-11-7-13-22(17-20)25-28-26(19-9-3-1-4-10-19)30(29-25)24-15-5-2-6-16-24/h1-18H. The number of nitrogens with zero attached hydrogens (tertiary/aromatic N) is 3. The summed E-state index contributed by atoms with van der Waals surface area (Å²) in [5, 5.41) is 4.81. The van der Waals surface area contributed by atoms with Crippen LogP contribution in [0.3, 0.4) is 0 Å². The zero-order valence-corrected chi connectivity index (χ0v) is 16.1. The van der Waals surface area contributed by atoms with Gasteiger partial charge in [-0.05, 0) is 41.5 Å². The molecule has 0 radical (unpaired) electrons. The summed E-state index contributed by atoms with van der Waals surface area (Å²) in [4.78, 5) is 4.86. The van der Waals surface area contributed by atoms with Crippen molar-refractivity contribution < 1.29 is 4.39 Å². The molecular weight excluding hydrogens is 373 g/mol. The Hall–Kier alpha value is -4.05. The summed E-state index contributed by atoms with van der Waals surface area (Å²) in [7, 11) is 0. The first-order chi connectivity index (χ1) is 14.8. The first-order valence-electron chi connectivity index (χ1n) is 9.72. The van der Waals surface area contributed by atoms with Gasteiger partial charge in [0.2, 0.25) is 0 Å². The molecule has 1 heterocycles. The molecule has 0 unspecified atom stereocenters. The molecule has 0 aliphatic rings. The number of para-hydroxylation sites is 1. The van der Waals surface area contributed by atoms with Gasteiger partial charge in [-0.1, -0.05) is 78.9 Å². The minimum Gasteiger partial charge on any atom is -0.213 e. The Balaban J connectivity index is 1.64. The Morgan fingerprint density at radius 2 is 1.17 bits per heavy atom. The highest BCUT2D eigenvalue weighted by molar-refractivity contribution is 5.71. The van der Waals surface area contributed by atoms with Gasteiger partial charge in [0, 0.05) is 11.1 Å². The predicted molar refractivity (Wildman–Crippen MR) is 118 cm³/mol. The van der Waals surface area contributed by atoms with Gasteiger partial charge >= 0.3 is 0 Å². The molecule has 4 aromatic carbocycles. The quantitative estimate of drug-likeness (QED) is 0.354. The molecule has 3 nitrogen and oxygen atoms in total. The maximum Gasteiger partial charge on any atom is 0.182 e. The molecule has 0 aliphatic carbocycles. The van der Waals surface area contributed by atoms with Gasteiger partial charge in [0.05, 0.1) is 5.69 Å². The average Bonchev–Trinajstić information content (AvgIpc) is 3.26. The third-order valence-corrected chi connectivity index (χ3v) is 4.92. The summed E-state index contributed by atoms with van der Waals surface area (Å²) in [6, 6.07) is 34.4. The average molecular weight is 391 g/mol. The number of rotatable bonds is 4. The molecule has 0 bridgehead atoms. The van der Waals surface area contributed by atoms with Gasteiger partial charge < -0.3 is 0 Å². The van der Waals surface area contributed by atoms with E-state index in [4.69, 9.17) is 10.1 Å². The van der Waals surface area contributed by atoms with Crippen molar-refractivity contribution in [1.29, 1.82) is 0 Å². The third kappa shape index (κ3) is 3.51. The van der Waals surface area contributed by atoms with Crippen LogP contribution in [0, 0.1) is 5.82 Å². The minimum atomic E-state index is -0.254. The molecule has 0 saturated carbocycles. The van der Waals surface area contributed by atoms with Crippen molar-refractivity contribution in [1.82, 2.24) is 14.8 Å². The van der Waals surface area contributed by atoms with Crippen LogP contribution in [0.1, 0.15) is 0 Å². The van der Waals surface area contributed by atoms with E-state index in [0.29, 0.717) is 5.82 Å². The van der Waals surface area contributed by atoms with Crippen LogP contribution in [-0.4, -0.2) is 14.8 Å². The van der Waals surface area contributed by atoms with E-state index in [1.807, 2.05) is 95.7 Å². The molecule has 0 aliphatic heterocycles. The maximum atomic E-state index is 13.7. The van der Waals surface area contributed by atoms with E-state index in [0.717, 1.165) is 33.8 Å². The number of hydrogen-bond donors (Lipinski definition) is 0. The monoisotopic (exact) mass is 391 g/mol. The van der Waals surface area contributed by atoms with E-state index in [-0.39, 0.29) is 5.82 Å². The van der Waals surface area contributed by atoms with Gasteiger partial charge in [0.1, 0.15) is 5.82 Å². The fourth-order valence-electron chi connectivity index (χ4n) is 3.46. The van der Waals surface area contributed by atoms with E-state index < -0.39 is 0 Å². The Morgan fingerprint density at radius 3 is 1.90 bits per heavy atom. The third-order valence-electron chi connectivity index (χ3n) is 4.92. The first kappa shape index (κ1) is 18.0. The molecule has 0 saturated heterocycles. The van der Waals surface area contributed by atoms with Gasteiger partial charge in [-0.2, -0.15) is 0 Å². The van der Waals surface area contributed by atoms with Gasteiger partial charge in [0.15, 0.2) is 11.6 Å². The van der Waals surface area contributed by atoms with Crippen molar-refractivity contribution in [3.8, 4) is 39.6 Å². The zero-order valence-electron chi connectivity index (χ0n) is 16.1. The van der Waals surface area contributed by atoms with Crippen LogP contribution in [-0.2, 0) is 0 Å². The summed E-state index contributed by atoms with van der Waals surface area (Å²) in [6.07, 6.45) is 0. The minimum absolute atomic E-state index is 0.254. The Kier molecular flexibility index (Phi) is 4.66. The molecular formula is C26H18FN3. The molecule has 4 heteroatoms. The van der Waals surface area contributed by atoms with Crippen molar-refractivity contribution in [2.75, 3.05) is 0 Å². The molecule has 0 atom stereocenters. The van der Waals surface area contributed by atoms with Crippen LogP contribution in [0.4, 0.5) is 4.39 Å². The van der Waals surface area contributed by atoms with Crippen LogP contribution >= 0.6 is 0 Å². The lowest BCUT2D eigenvalue weighted by Gasteiger charge is -2.05. The van der Waals surface area contributed by atoms with E-state index in [1.165, 1.54) is 12.1 Å². The summed E-state index contributed by atoms with van der Waals surface area (Å²) < 4.78 is 15.5. The maximum absolute atomic E-state index is 13.7. The summed E-state index contributed by atoms with van der Waals surface area (Å²) in [5.74, 6) is 1.14. The number of benzene rings is 4. The van der Waals surface area contributed by atoms with Crippen molar-refractivity contribution in [2.24, 2.45) is 0 Å². The number of aromatic nitrogens is 3. The second-order valence-electron chi connectivity index (χ2n) is 6.96. The largest absolute Gasteiger partial charge is 0.213 e. The van der Waals surface area contributed by atoms with Crippen molar-refractivity contribution in [3.63, 3.8) is 0 Å².